The molecule has 0 radical (unpaired) electrons. The first-order chi connectivity index (χ1) is 15.4. The van der Waals surface area contributed by atoms with E-state index < -0.39 is 16.6 Å². The molecule has 172 valence electrons. The Morgan fingerprint density at radius 2 is 1.97 bits per heavy atom. The van der Waals surface area contributed by atoms with Crippen LogP contribution in [0.3, 0.4) is 0 Å². The van der Waals surface area contributed by atoms with E-state index in [1.165, 1.54) is 5.56 Å². The van der Waals surface area contributed by atoms with Crippen molar-refractivity contribution in [2.24, 2.45) is 0 Å². The van der Waals surface area contributed by atoms with Crippen LogP contribution in [0.5, 0.6) is 5.88 Å². The zero-order valence-electron chi connectivity index (χ0n) is 18.7. The van der Waals surface area contributed by atoms with Crippen LogP contribution in [0.2, 0.25) is 0 Å². The average Bonchev–Trinajstić information content (AvgIpc) is 2.85. The number of fused-ring (bicyclic) bond motifs is 1. The lowest BCUT2D eigenvalue weighted by atomic mass is 9.89. The summed E-state index contributed by atoms with van der Waals surface area (Å²) in [6, 6.07) is 10.4. The van der Waals surface area contributed by atoms with Crippen molar-refractivity contribution in [3.8, 4) is 5.88 Å². The van der Waals surface area contributed by atoms with Crippen LogP contribution in [0.1, 0.15) is 42.4 Å². The number of nitrogens with zero attached hydrogens (tertiary/aromatic N) is 2. The number of hydrogen-bond donors (Lipinski definition) is 2. The molecular weight excluding hydrogens is 426 g/mol. The number of aromatic nitrogens is 1. The molecule has 1 saturated carbocycles. The second-order valence-electron chi connectivity index (χ2n) is 9.29. The molecule has 1 spiro atoms. The zero-order valence-corrected chi connectivity index (χ0v) is 19.5. The Labute approximate surface area is 191 Å². The van der Waals surface area contributed by atoms with Gasteiger partial charge < -0.3 is 19.9 Å². The van der Waals surface area contributed by atoms with Gasteiger partial charge in [0.1, 0.15) is 27.3 Å². The molecule has 3 heterocycles. The first-order valence-electron chi connectivity index (χ1n) is 11.4. The molecule has 1 aromatic carbocycles. The highest BCUT2D eigenvalue weighted by atomic mass is 32.2. The maximum absolute atomic E-state index is 13.8. The van der Waals surface area contributed by atoms with Crippen molar-refractivity contribution in [3.63, 3.8) is 0 Å². The summed E-state index contributed by atoms with van der Waals surface area (Å²) in [6.07, 6.45) is 2.67. The predicted octanol–water partition coefficient (Wildman–Crippen LogP) is 3.10. The number of aryl methyl sites for hydroxylation is 2. The summed E-state index contributed by atoms with van der Waals surface area (Å²) in [5, 5.41) is 13.0. The molecule has 0 amide bonds. The highest BCUT2D eigenvalue weighted by Gasteiger charge is 2.43. The minimum absolute atomic E-state index is 0.208. The van der Waals surface area contributed by atoms with E-state index in [1.807, 2.05) is 29.4 Å². The maximum atomic E-state index is 13.8. The van der Waals surface area contributed by atoms with E-state index in [0.29, 0.717) is 37.1 Å². The van der Waals surface area contributed by atoms with Crippen LogP contribution in [0.15, 0.2) is 35.2 Å². The fraction of sp³-hybridized carbons (Fsp3) is 0.542. The Kier molecular flexibility index (Phi) is 5.96. The molecule has 2 aromatic rings. The Morgan fingerprint density at radius 3 is 2.69 bits per heavy atom. The van der Waals surface area contributed by atoms with Crippen LogP contribution in [0.25, 0.3) is 0 Å². The number of pyridine rings is 1. The monoisotopic (exact) mass is 457 g/mol. The van der Waals surface area contributed by atoms with Crippen molar-refractivity contribution < 1.29 is 18.8 Å². The summed E-state index contributed by atoms with van der Waals surface area (Å²) in [4.78, 5) is 5.43. The quantitative estimate of drug-likeness (QED) is 0.734. The summed E-state index contributed by atoms with van der Waals surface area (Å²) in [6.45, 7) is 6.46. The molecule has 5 rings (SSSR count). The third-order valence-electron chi connectivity index (χ3n) is 6.81. The summed E-state index contributed by atoms with van der Waals surface area (Å²) >= 11 is 0. The molecule has 32 heavy (non-hydrogen) atoms. The van der Waals surface area contributed by atoms with Crippen LogP contribution >= 0.6 is 0 Å². The molecule has 2 aliphatic heterocycles. The van der Waals surface area contributed by atoms with E-state index in [1.54, 1.807) is 0 Å². The smallest absolute Gasteiger partial charge is 0.233 e. The molecule has 0 bridgehead atoms. The molecule has 7 nitrogen and oxygen atoms in total. The van der Waals surface area contributed by atoms with Crippen molar-refractivity contribution in [2.45, 2.75) is 68.7 Å². The molecule has 1 aromatic heterocycles. The van der Waals surface area contributed by atoms with E-state index in [4.69, 9.17) is 14.5 Å². The van der Waals surface area contributed by atoms with Gasteiger partial charge in [-0.15, -0.1) is 0 Å². The molecular formula is C24H31N3O4S. The van der Waals surface area contributed by atoms with Gasteiger partial charge in [-0.05, 0) is 49.4 Å². The van der Waals surface area contributed by atoms with Gasteiger partial charge in [0.2, 0.25) is 5.88 Å². The number of anilines is 1. The van der Waals surface area contributed by atoms with Gasteiger partial charge in [0, 0.05) is 25.4 Å². The Hall–Kier alpha value is -2.00. The lowest BCUT2D eigenvalue weighted by molar-refractivity contribution is -0.0551. The second-order valence-corrected chi connectivity index (χ2v) is 10.7. The van der Waals surface area contributed by atoms with Crippen molar-refractivity contribution in [2.75, 3.05) is 25.1 Å². The van der Waals surface area contributed by atoms with E-state index in [0.717, 1.165) is 42.6 Å². The lowest BCUT2D eigenvalue weighted by Gasteiger charge is -2.38. The van der Waals surface area contributed by atoms with Crippen molar-refractivity contribution in [3.05, 3.63) is 47.0 Å². The number of ether oxygens (including phenoxy) is 2. The number of aliphatic hydroxyl groups is 1. The first kappa shape index (κ1) is 21.8. The van der Waals surface area contributed by atoms with Crippen LogP contribution in [0, 0.1) is 13.8 Å². The minimum Gasteiger partial charge on any atom is -0.469 e. The maximum Gasteiger partial charge on any atom is 0.233 e. The average molecular weight is 458 g/mol. The molecule has 1 unspecified atom stereocenters. The van der Waals surface area contributed by atoms with Gasteiger partial charge in [0.15, 0.2) is 0 Å². The Morgan fingerprint density at radius 1 is 1.22 bits per heavy atom. The fourth-order valence-corrected chi connectivity index (χ4v) is 6.07. The molecule has 3 aliphatic rings. The predicted molar refractivity (Wildman–Crippen MR) is 123 cm³/mol. The number of benzene rings is 1. The van der Waals surface area contributed by atoms with Gasteiger partial charge in [-0.25, -0.2) is 8.51 Å². The topological polar surface area (TPSA) is 83.9 Å². The SMILES string of the molecule is Cc1ccccc1CN1CC2(CCOCC2)Oc2nc(NC3CC(O)C3)c(C)cc2S1=O. The molecule has 8 heteroatoms. The number of nitrogens with one attached hydrogen (secondary N) is 1. The molecule has 1 aliphatic carbocycles. The van der Waals surface area contributed by atoms with Gasteiger partial charge >= 0.3 is 0 Å². The van der Waals surface area contributed by atoms with E-state index in [2.05, 4.69) is 24.4 Å². The molecule has 2 fully saturated rings. The summed E-state index contributed by atoms with van der Waals surface area (Å²) in [5.41, 5.74) is 2.81. The fourth-order valence-electron chi connectivity index (χ4n) is 4.67. The highest BCUT2D eigenvalue weighted by molar-refractivity contribution is 7.82. The van der Waals surface area contributed by atoms with Crippen molar-refractivity contribution >= 4 is 16.8 Å². The number of aliphatic hydroxyl groups excluding tert-OH is 1. The van der Waals surface area contributed by atoms with Crippen LogP contribution in [0.4, 0.5) is 5.82 Å². The number of rotatable bonds is 4. The van der Waals surface area contributed by atoms with Crippen molar-refractivity contribution in [1.82, 2.24) is 9.29 Å². The van der Waals surface area contributed by atoms with Gasteiger partial charge in [-0.3, -0.25) is 0 Å². The largest absolute Gasteiger partial charge is 0.469 e. The van der Waals surface area contributed by atoms with Gasteiger partial charge in [-0.2, -0.15) is 4.98 Å². The zero-order chi connectivity index (χ0) is 22.3. The van der Waals surface area contributed by atoms with Crippen LogP contribution < -0.4 is 10.1 Å². The van der Waals surface area contributed by atoms with Crippen molar-refractivity contribution in [1.29, 1.82) is 0 Å². The normalized spacial score (nSPS) is 27.2. The van der Waals surface area contributed by atoms with Crippen LogP contribution in [-0.2, 0) is 22.3 Å². The lowest BCUT2D eigenvalue weighted by Crippen LogP contribution is -2.49. The van der Waals surface area contributed by atoms with E-state index >= 15 is 0 Å². The minimum atomic E-state index is -1.39. The standard InChI is InChI=1S/C24H31N3O4S/c1-16-5-3-4-6-18(16)14-27-15-24(7-9-30-10-8-24)31-23-21(32(27)29)11-17(2)22(26-23)25-19-12-20(28)13-19/h3-6,11,19-20,28H,7-10,12-15H2,1-2H3,(H,25,26). The molecule has 2 N–H and O–H groups in total. The summed E-state index contributed by atoms with van der Waals surface area (Å²) < 4.78 is 28.0. The second kappa shape index (κ2) is 8.74. The van der Waals surface area contributed by atoms with E-state index in [9.17, 15) is 9.32 Å². The third-order valence-corrected chi connectivity index (χ3v) is 8.21. The molecule has 1 atom stereocenters. The summed E-state index contributed by atoms with van der Waals surface area (Å²) in [5.74, 6) is 1.19. The Balaban J connectivity index is 1.50. The third kappa shape index (κ3) is 4.29. The van der Waals surface area contributed by atoms with Gasteiger partial charge in [0.05, 0.1) is 25.9 Å². The Bertz CT molecular complexity index is 1020. The molecule has 1 saturated heterocycles. The van der Waals surface area contributed by atoms with Crippen LogP contribution in [-0.4, -0.2) is 56.1 Å². The highest BCUT2D eigenvalue weighted by Crippen LogP contribution is 2.39. The van der Waals surface area contributed by atoms with Gasteiger partial charge in [0.25, 0.3) is 0 Å². The first-order valence-corrected chi connectivity index (χ1v) is 12.5. The number of hydrogen-bond acceptors (Lipinski definition) is 6. The summed E-state index contributed by atoms with van der Waals surface area (Å²) in [7, 11) is -1.39. The van der Waals surface area contributed by atoms with Gasteiger partial charge in [-0.1, -0.05) is 24.3 Å². The van der Waals surface area contributed by atoms with E-state index in [-0.39, 0.29) is 12.1 Å².